The predicted molar refractivity (Wildman–Crippen MR) is 165 cm³/mol. The standard InChI is InChI=1S/C28H27Cl2N5O3S2/c1-16-13-20(17(2)34(16)24-10-8-18(29)14-21(24)30)27-26(22-7-5-6-12-31-22)32-28(39)35(27)19-9-11-25(38-3)23(15-19)33-40(4,36)37/h5-15,26-27,33H,1-4H3,(H,32,39)/t26-,27-/m0/s1. The summed E-state index contributed by atoms with van der Waals surface area (Å²) in [5.41, 5.74) is 5.56. The average Bonchev–Trinajstić information content (AvgIpc) is 3.39. The Bertz CT molecular complexity index is 1710. The Labute approximate surface area is 248 Å². The second-order valence-electron chi connectivity index (χ2n) is 9.51. The number of methoxy groups -OCH3 is 1. The van der Waals surface area contributed by atoms with Gasteiger partial charge in [-0.25, -0.2) is 8.42 Å². The summed E-state index contributed by atoms with van der Waals surface area (Å²) in [7, 11) is -2.07. The van der Waals surface area contributed by atoms with E-state index in [1.54, 1.807) is 24.4 Å². The minimum atomic E-state index is -3.56. The molecule has 2 aromatic carbocycles. The second kappa shape index (κ2) is 10.9. The second-order valence-corrected chi connectivity index (χ2v) is 12.5. The van der Waals surface area contributed by atoms with Crippen molar-refractivity contribution in [3.8, 4) is 11.4 Å². The number of anilines is 2. The highest BCUT2D eigenvalue weighted by atomic mass is 35.5. The first-order valence-electron chi connectivity index (χ1n) is 12.3. The number of sulfonamides is 1. The molecular weight excluding hydrogens is 589 g/mol. The minimum Gasteiger partial charge on any atom is -0.495 e. The number of hydrogen-bond acceptors (Lipinski definition) is 5. The average molecular weight is 617 g/mol. The Morgan fingerprint density at radius 2 is 1.85 bits per heavy atom. The Kier molecular flexibility index (Phi) is 7.71. The fraction of sp³-hybridized carbons (Fsp3) is 0.214. The highest BCUT2D eigenvalue weighted by Crippen LogP contribution is 2.45. The normalized spacial score (nSPS) is 17.1. The first-order chi connectivity index (χ1) is 19.0. The van der Waals surface area contributed by atoms with Crippen LogP contribution in [0.4, 0.5) is 11.4 Å². The molecule has 40 heavy (non-hydrogen) atoms. The van der Waals surface area contributed by atoms with Crippen molar-refractivity contribution in [2.45, 2.75) is 25.9 Å². The molecule has 2 atom stereocenters. The van der Waals surface area contributed by atoms with E-state index in [2.05, 4.69) is 25.7 Å². The molecule has 2 aromatic heterocycles. The lowest BCUT2D eigenvalue weighted by Crippen LogP contribution is -2.29. The molecule has 1 aliphatic heterocycles. The van der Waals surface area contributed by atoms with E-state index in [1.807, 2.05) is 55.1 Å². The van der Waals surface area contributed by atoms with Gasteiger partial charge in [-0.15, -0.1) is 0 Å². The van der Waals surface area contributed by atoms with Gasteiger partial charge in [0.15, 0.2) is 5.11 Å². The molecule has 4 aromatic rings. The van der Waals surface area contributed by atoms with Crippen LogP contribution >= 0.6 is 35.4 Å². The van der Waals surface area contributed by atoms with Gasteiger partial charge in [-0.05, 0) is 86.2 Å². The maximum absolute atomic E-state index is 12.1. The van der Waals surface area contributed by atoms with E-state index < -0.39 is 10.0 Å². The third-order valence-electron chi connectivity index (χ3n) is 6.79. The summed E-state index contributed by atoms with van der Waals surface area (Å²) in [5.74, 6) is 0.389. The first kappa shape index (κ1) is 28.2. The lowest BCUT2D eigenvalue weighted by atomic mass is 9.96. The number of pyridine rings is 1. The van der Waals surface area contributed by atoms with Gasteiger partial charge in [0.1, 0.15) is 5.75 Å². The third kappa shape index (κ3) is 5.36. The van der Waals surface area contributed by atoms with Gasteiger partial charge in [0.05, 0.1) is 47.5 Å². The maximum atomic E-state index is 12.1. The van der Waals surface area contributed by atoms with E-state index in [-0.39, 0.29) is 12.1 Å². The van der Waals surface area contributed by atoms with E-state index in [1.165, 1.54) is 7.11 Å². The smallest absolute Gasteiger partial charge is 0.229 e. The number of halogens is 2. The fourth-order valence-corrected chi connectivity index (χ4v) is 6.59. The van der Waals surface area contributed by atoms with Crippen LogP contribution < -0.4 is 19.7 Å². The van der Waals surface area contributed by atoms with E-state index in [0.29, 0.717) is 32.3 Å². The summed E-state index contributed by atoms with van der Waals surface area (Å²) in [5, 5.41) is 5.02. The Hall–Kier alpha value is -3.31. The van der Waals surface area contributed by atoms with Crippen LogP contribution in [-0.4, -0.2) is 36.4 Å². The Morgan fingerprint density at radius 1 is 1.07 bits per heavy atom. The number of hydrogen-bond donors (Lipinski definition) is 2. The third-order valence-corrected chi connectivity index (χ3v) is 8.24. The molecule has 0 bridgehead atoms. The van der Waals surface area contributed by atoms with Crippen molar-refractivity contribution in [2.75, 3.05) is 23.0 Å². The summed E-state index contributed by atoms with van der Waals surface area (Å²) in [6, 6.07) is 18.0. The number of aromatic nitrogens is 2. The van der Waals surface area contributed by atoms with Crippen LogP contribution in [0, 0.1) is 13.8 Å². The van der Waals surface area contributed by atoms with Crippen LogP contribution in [0.5, 0.6) is 5.75 Å². The molecule has 208 valence electrons. The topological polar surface area (TPSA) is 88.5 Å². The summed E-state index contributed by atoms with van der Waals surface area (Å²) in [4.78, 5) is 6.61. The number of aryl methyl sites for hydroxylation is 1. The molecular formula is C28H27Cl2N5O3S2. The highest BCUT2D eigenvalue weighted by molar-refractivity contribution is 7.92. The molecule has 1 fully saturated rings. The van der Waals surface area contributed by atoms with Crippen molar-refractivity contribution in [3.05, 3.63) is 99.6 Å². The van der Waals surface area contributed by atoms with Gasteiger partial charge < -0.3 is 19.5 Å². The zero-order valence-electron chi connectivity index (χ0n) is 22.1. The SMILES string of the molecule is COc1ccc(N2C(=S)N[C@@H](c3ccccn3)[C@@H]2c2cc(C)n(-c3ccc(Cl)cc3Cl)c2C)cc1NS(C)(=O)=O. The van der Waals surface area contributed by atoms with Crippen molar-refractivity contribution >= 4 is 61.9 Å². The van der Waals surface area contributed by atoms with E-state index in [4.69, 9.17) is 40.2 Å². The summed E-state index contributed by atoms with van der Waals surface area (Å²) in [6.07, 6.45) is 2.84. The quantitative estimate of drug-likeness (QED) is 0.234. The van der Waals surface area contributed by atoms with Gasteiger partial charge in [0, 0.05) is 28.3 Å². The molecule has 0 unspecified atom stereocenters. The van der Waals surface area contributed by atoms with Gasteiger partial charge in [-0.3, -0.25) is 9.71 Å². The van der Waals surface area contributed by atoms with Gasteiger partial charge in [-0.1, -0.05) is 29.3 Å². The zero-order valence-corrected chi connectivity index (χ0v) is 25.3. The molecule has 3 heterocycles. The minimum absolute atomic E-state index is 0.295. The molecule has 0 aliphatic carbocycles. The van der Waals surface area contributed by atoms with Gasteiger partial charge in [-0.2, -0.15) is 0 Å². The van der Waals surface area contributed by atoms with Crippen LogP contribution in [-0.2, 0) is 10.0 Å². The van der Waals surface area contributed by atoms with Crippen molar-refractivity contribution in [3.63, 3.8) is 0 Å². The maximum Gasteiger partial charge on any atom is 0.229 e. The van der Waals surface area contributed by atoms with Gasteiger partial charge >= 0.3 is 0 Å². The summed E-state index contributed by atoms with van der Waals surface area (Å²) in [6.45, 7) is 4.05. The van der Waals surface area contributed by atoms with Crippen molar-refractivity contribution in [1.29, 1.82) is 0 Å². The van der Waals surface area contributed by atoms with E-state index in [0.717, 1.165) is 34.6 Å². The van der Waals surface area contributed by atoms with Gasteiger partial charge in [0.2, 0.25) is 10.0 Å². The molecule has 1 saturated heterocycles. The first-order valence-corrected chi connectivity index (χ1v) is 15.3. The molecule has 5 rings (SSSR count). The Balaban J connectivity index is 1.69. The number of rotatable bonds is 7. The number of nitrogens with one attached hydrogen (secondary N) is 2. The predicted octanol–water partition coefficient (Wildman–Crippen LogP) is 6.35. The van der Waals surface area contributed by atoms with E-state index in [9.17, 15) is 8.42 Å². The molecule has 12 heteroatoms. The summed E-state index contributed by atoms with van der Waals surface area (Å²) >= 11 is 18.7. The highest BCUT2D eigenvalue weighted by Gasteiger charge is 2.42. The molecule has 0 spiro atoms. The van der Waals surface area contributed by atoms with Crippen LogP contribution in [0.2, 0.25) is 10.0 Å². The van der Waals surface area contributed by atoms with Crippen LogP contribution in [0.1, 0.15) is 34.7 Å². The number of benzene rings is 2. The van der Waals surface area contributed by atoms with Crippen molar-refractivity contribution in [2.24, 2.45) is 0 Å². The monoisotopic (exact) mass is 615 g/mol. The largest absolute Gasteiger partial charge is 0.495 e. The van der Waals surface area contributed by atoms with Crippen LogP contribution in [0.15, 0.2) is 66.9 Å². The zero-order chi connectivity index (χ0) is 28.8. The van der Waals surface area contributed by atoms with Crippen LogP contribution in [0.25, 0.3) is 5.69 Å². The van der Waals surface area contributed by atoms with Crippen LogP contribution in [0.3, 0.4) is 0 Å². The van der Waals surface area contributed by atoms with Crippen molar-refractivity contribution in [1.82, 2.24) is 14.9 Å². The molecule has 0 radical (unpaired) electrons. The summed E-state index contributed by atoms with van der Waals surface area (Å²) < 4.78 is 34.3. The van der Waals surface area contributed by atoms with E-state index >= 15 is 0 Å². The van der Waals surface area contributed by atoms with Crippen molar-refractivity contribution < 1.29 is 13.2 Å². The van der Waals surface area contributed by atoms with Gasteiger partial charge in [0.25, 0.3) is 0 Å². The number of nitrogens with zero attached hydrogens (tertiary/aromatic N) is 3. The number of ether oxygens (including phenoxy) is 1. The lowest BCUT2D eigenvalue weighted by Gasteiger charge is -2.29. The molecule has 2 N–H and O–H groups in total. The fourth-order valence-electron chi connectivity index (χ4n) is 5.19. The molecule has 0 saturated carbocycles. The molecule has 0 amide bonds. The Morgan fingerprint density at radius 3 is 2.50 bits per heavy atom. The number of thiocarbonyl (C=S) groups is 1. The lowest BCUT2D eigenvalue weighted by molar-refractivity contribution is 0.417. The molecule has 1 aliphatic rings. The molecule has 8 nitrogen and oxygen atoms in total.